The zero-order valence-corrected chi connectivity index (χ0v) is 13.7. The highest BCUT2D eigenvalue weighted by atomic mass is 16.5. The van der Waals surface area contributed by atoms with Gasteiger partial charge in [-0.05, 0) is 56.2 Å². The van der Waals surface area contributed by atoms with E-state index in [0.29, 0.717) is 16.9 Å². The molecule has 1 aliphatic rings. The van der Waals surface area contributed by atoms with Gasteiger partial charge >= 0.3 is 5.97 Å². The van der Waals surface area contributed by atoms with Crippen LogP contribution in [0.2, 0.25) is 0 Å². The van der Waals surface area contributed by atoms with E-state index in [4.69, 9.17) is 4.74 Å². The van der Waals surface area contributed by atoms with E-state index >= 15 is 0 Å². The standard InChI is InChI=1S/C19H17NO4/c1-11-8-12(2)10-14(9-11)24-19(23)13(3)20-17(21)15-6-4-5-7-16(15)18(20)22/h4-10,13H,1-3H3/t13-/m1/s1. The van der Waals surface area contributed by atoms with E-state index in [0.717, 1.165) is 16.0 Å². The van der Waals surface area contributed by atoms with Crippen LogP contribution in [0.1, 0.15) is 38.8 Å². The number of rotatable bonds is 3. The van der Waals surface area contributed by atoms with Crippen molar-refractivity contribution in [2.45, 2.75) is 26.8 Å². The molecule has 122 valence electrons. The number of carbonyl (C=O) groups excluding carboxylic acids is 3. The molecular formula is C19H17NO4. The molecule has 0 spiro atoms. The summed E-state index contributed by atoms with van der Waals surface area (Å²) in [5.74, 6) is -1.18. The maximum Gasteiger partial charge on any atom is 0.334 e. The van der Waals surface area contributed by atoms with Gasteiger partial charge in [-0.25, -0.2) is 4.79 Å². The fourth-order valence-corrected chi connectivity index (χ4v) is 2.86. The lowest BCUT2D eigenvalue weighted by Gasteiger charge is -2.21. The highest BCUT2D eigenvalue weighted by Crippen LogP contribution is 2.25. The summed E-state index contributed by atoms with van der Waals surface area (Å²) in [6.45, 7) is 5.29. The van der Waals surface area contributed by atoms with Crippen molar-refractivity contribution in [1.82, 2.24) is 4.90 Å². The Hall–Kier alpha value is -2.95. The average molecular weight is 323 g/mol. The summed E-state index contributed by atoms with van der Waals surface area (Å²) in [4.78, 5) is 38.2. The van der Waals surface area contributed by atoms with Gasteiger partial charge in [-0.1, -0.05) is 18.2 Å². The van der Waals surface area contributed by atoms with Crippen LogP contribution in [-0.4, -0.2) is 28.7 Å². The fourth-order valence-electron chi connectivity index (χ4n) is 2.86. The van der Waals surface area contributed by atoms with Gasteiger partial charge in [0.15, 0.2) is 0 Å². The van der Waals surface area contributed by atoms with Gasteiger partial charge in [0.25, 0.3) is 11.8 Å². The van der Waals surface area contributed by atoms with E-state index in [2.05, 4.69) is 0 Å². The van der Waals surface area contributed by atoms with Gasteiger partial charge in [0.1, 0.15) is 11.8 Å². The Kier molecular flexibility index (Phi) is 3.93. The lowest BCUT2D eigenvalue weighted by atomic mass is 10.1. The van der Waals surface area contributed by atoms with E-state index in [1.807, 2.05) is 19.9 Å². The summed E-state index contributed by atoms with van der Waals surface area (Å²) in [6, 6.07) is 11.0. The zero-order valence-electron chi connectivity index (χ0n) is 13.7. The smallest absolute Gasteiger partial charge is 0.334 e. The first-order chi connectivity index (χ1) is 11.4. The molecule has 1 aliphatic heterocycles. The number of amides is 2. The summed E-state index contributed by atoms with van der Waals surface area (Å²) in [6.07, 6.45) is 0. The number of fused-ring (bicyclic) bond motifs is 1. The molecule has 5 nitrogen and oxygen atoms in total. The topological polar surface area (TPSA) is 63.7 Å². The maximum atomic E-state index is 12.4. The summed E-state index contributed by atoms with van der Waals surface area (Å²) in [5, 5.41) is 0. The Morgan fingerprint density at radius 1 is 0.958 bits per heavy atom. The van der Waals surface area contributed by atoms with Crippen molar-refractivity contribution >= 4 is 17.8 Å². The number of aryl methyl sites for hydroxylation is 2. The number of imide groups is 1. The van der Waals surface area contributed by atoms with Crippen molar-refractivity contribution in [3.63, 3.8) is 0 Å². The van der Waals surface area contributed by atoms with Crippen molar-refractivity contribution in [3.8, 4) is 5.75 Å². The van der Waals surface area contributed by atoms with Crippen molar-refractivity contribution in [2.24, 2.45) is 0 Å². The number of carbonyl (C=O) groups is 3. The second-order valence-corrected chi connectivity index (χ2v) is 5.95. The van der Waals surface area contributed by atoms with Gasteiger partial charge in [-0.15, -0.1) is 0 Å². The first kappa shape index (κ1) is 15.9. The predicted octanol–water partition coefficient (Wildman–Crippen LogP) is 2.89. The normalized spacial score (nSPS) is 14.5. The third kappa shape index (κ3) is 2.69. The summed E-state index contributed by atoms with van der Waals surface area (Å²) in [7, 11) is 0. The molecule has 0 radical (unpaired) electrons. The lowest BCUT2D eigenvalue weighted by molar-refractivity contribution is -0.138. The van der Waals surface area contributed by atoms with Crippen LogP contribution >= 0.6 is 0 Å². The van der Waals surface area contributed by atoms with E-state index in [1.54, 1.807) is 36.4 Å². The Balaban J connectivity index is 1.82. The Morgan fingerprint density at radius 3 is 1.96 bits per heavy atom. The number of hydrogen-bond acceptors (Lipinski definition) is 4. The molecular weight excluding hydrogens is 306 g/mol. The molecule has 3 rings (SSSR count). The molecule has 1 atom stereocenters. The van der Waals surface area contributed by atoms with Crippen LogP contribution < -0.4 is 4.74 Å². The minimum absolute atomic E-state index is 0.313. The van der Waals surface area contributed by atoms with E-state index < -0.39 is 23.8 Å². The summed E-state index contributed by atoms with van der Waals surface area (Å²) >= 11 is 0. The summed E-state index contributed by atoms with van der Waals surface area (Å²) < 4.78 is 5.36. The molecule has 0 fully saturated rings. The minimum atomic E-state index is -1.00. The van der Waals surface area contributed by atoms with Crippen molar-refractivity contribution in [1.29, 1.82) is 0 Å². The maximum absolute atomic E-state index is 12.4. The second kappa shape index (κ2) is 5.92. The molecule has 0 bridgehead atoms. The van der Waals surface area contributed by atoms with Gasteiger partial charge in [0.2, 0.25) is 0 Å². The molecule has 2 aromatic carbocycles. The Bertz CT molecular complexity index is 801. The molecule has 5 heteroatoms. The second-order valence-electron chi connectivity index (χ2n) is 5.95. The van der Waals surface area contributed by atoms with Crippen molar-refractivity contribution < 1.29 is 19.1 Å². The van der Waals surface area contributed by atoms with Crippen LogP contribution in [0, 0.1) is 13.8 Å². The summed E-state index contributed by atoms with van der Waals surface area (Å²) in [5.41, 5.74) is 2.56. The Labute approximate surface area is 139 Å². The molecule has 24 heavy (non-hydrogen) atoms. The van der Waals surface area contributed by atoms with Gasteiger partial charge in [0, 0.05) is 0 Å². The SMILES string of the molecule is Cc1cc(C)cc(OC(=O)[C@@H](C)N2C(=O)c3ccccc3C2=O)c1. The van der Waals surface area contributed by atoms with Crippen LogP contribution in [0.5, 0.6) is 5.75 Å². The first-order valence-electron chi connectivity index (χ1n) is 7.65. The highest BCUT2D eigenvalue weighted by molar-refractivity contribution is 6.22. The molecule has 0 aromatic heterocycles. The number of benzene rings is 2. The van der Waals surface area contributed by atoms with Crippen molar-refractivity contribution in [3.05, 3.63) is 64.7 Å². The van der Waals surface area contributed by atoms with Crippen LogP contribution in [-0.2, 0) is 4.79 Å². The Morgan fingerprint density at radius 2 is 1.46 bits per heavy atom. The third-order valence-electron chi connectivity index (χ3n) is 3.97. The molecule has 0 aliphatic carbocycles. The number of ether oxygens (including phenoxy) is 1. The zero-order chi connectivity index (χ0) is 17.4. The largest absolute Gasteiger partial charge is 0.425 e. The van der Waals surface area contributed by atoms with E-state index in [9.17, 15) is 14.4 Å². The average Bonchev–Trinajstić information content (AvgIpc) is 2.77. The molecule has 0 unspecified atom stereocenters. The van der Waals surface area contributed by atoms with Gasteiger partial charge in [0.05, 0.1) is 11.1 Å². The predicted molar refractivity (Wildman–Crippen MR) is 88.0 cm³/mol. The van der Waals surface area contributed by atoms with Crippen LogP contribution in [0.3, 0.4) is 0 Å². The quantitative estimate of drug-likeness (QED) is 0.495. The van der Waals surface area contributed by atoms with Gasteiger partial charge < -0.3 is 4.74 Å². The highest BCUT2D eigenvalue weighted by Gasteiger charge is 2.41. The molecule has 0 saturated carbocycles. The van der Waals surface area contributed by atoms with Gasteiger partial charge in [-0.3, -0.25) is 14.5 Å². The van der Waals surface area contributed by atoms with Gasteiger partial charge in [-0.2, -0.15) is 0 Å². The molecule has 0 saturated heterocycles. The first-order valence-corrected chi connectivity index (χ1v) is 7.65. The molecule has 2 aromatic rings. The van der Waals surface area contributed by atoms with Crippen LogP contribution in [0.4, 0.5) is 0 Å². The van der Waals surface area contributed by atoms with Crippen LogP contribution in [0.25, 0.3) is 0 Å². The number of hydrogen-bond donors (Lipinski definition) is 0. The fraction of sp³-hybridized carbons (Fsp3) is 0.211. The molecule has 1 heterocycles. The monoisotopic (exact) mass is 323 g/mol. The van der Waals surface area contributed by atoms with Crippen LogP contribution in [0.15, 0.2) is 42.5 Å². The van der Waals surface area contributed by atoms with E-state index in [-0.39, 0.29) is 0 Å². The number of esters is 1. The minimum Gasteiger partial charge on any atom is -0.425 e. The van der Waals surface area contributed by atoms with Crippen molar-refractivity contribution in [2.75, 3.05) is 0 Å². The van der Waals surface area contributed by atoms with E-state index in [1.165, 1.54) is 6.92 Å². The number of nitrogens with zero attached hydrogens (tertiary/aromatic N) is 1. The molecule has 2 amide bonds. The third-order valence-corrected chi connectivity index (χ3v) is 3.97. The molecule has 0 N–H and O–H groups in total. The lowest BCUT2D eigenvalue weighted by Crippen LogP contribution is -2.44.